The third-order valence-corrected chi connectivity index (χ3v) is 5.61. The molecule has 0 bridgehead atoms. The number of para-hydroxylation sites is 1. The van der Waals surface area contributed by atoms with Gasteiger partial charge in [0.05, 0.1) is 0 Å². The number of benzene rings is 2. The van der Waals surface area contributed by atoms with Gasteiger partial charge in [-0.2, -0.15) is 0 Å². The van der Waals surface area contributed by atoms with E-state index in [4.69, 9.17) is 0 Å². The van der Waals surface area contributed by atoms with Crippen LogP contribution in [-0.2, 0) is 6.54 Å². The number of aryl methyl sites for hydroxylation is 2. The minimum atomic E-state index is 0. The molecule has 0 aliphatic carbocycles. The van der Waals surface area contributed by atoms with Crippen LogP contribution < -0.4 is 0 Å². The van der Waals surface area contributed by atoms with Gasteiger partial charge in [0.2, 0.25) is 0 Å². The highest BCUT2D eigenvalue weighted by atomic mass is 35.5. The van der Waals surface area contributed by atoms with Crippen molar-refractivity contribution in [2.45, 2.75) is 39.2 Å². The Balaban J connectivity index is 0.00000182. The van der Waals surface area contributed by atoms with Crippen molar-refractivity contribution in [2.75, 3.05) is 13.1 Å². The van der Waals surface area contributed by atoms with E-state index in [1.54, 1.807) is 5.56 Å². The number of aromatic amines is 1. The summed E-state index contributed by atoms with van der Waals surface area (Å²) in [6, 6.07) is 15.3. The molecule has 1 N–H and O–H groups in total. The minimum absolute atomic E-state index is 0. The third kappa shape index (κ3) is 3.61. The average molecular weight is 355 g/mol. The Hall–Kier alpha value is -1.77. The zero-order chi connectivity index (χ0) is 16.5. The summed E-state index contributed by atoms with van der Waals surface area (Å²) in [6.45, 7) is 7.97. The van der Waals surface area contributed by atoms with Crippen molar-refractivity contribution < 1.29 is 0 Å². The Labute approximate surface area is 156 Å². The Bertz CT molecular complexity index is 824. The van der Waals surface area contributed by atoms with E-state index in [0.717, 1.165) is 12.5 Å². The predicted octanol–water partition coefficient (Wildman–Crippen LogP) is 5.59. The summed E-state index contributed by atoms with van der Waals surface area (Å²) in [4.78, 5) is 6.01. The lowest BCUT2D eigenvalue weighted by molar-refractivity contribution is 0.205. The summed E-state index contributed by atoms with van der Waals surface area (Å²) in [5.41, 5.74) is 7.20. The number of fused-ring (bicyclic) bond motifs is 1. The van der Waals surface area contributed by atoms with Gasteiger partial charge in [0.15, 0.2) is 0 Å². The highest BCUT2D eigenvalue weighted by Crippen LogP contribution is 2.33. The second kappa shape index (κ2) is 7.63. The van der Waals surface area contributed by atoms with Crippen LogP contribution in [-0.4, -0.2) is 23.0 Å². The molecule has 1 fully saturated rings. The normalized spacial score (nSPS) is 16.1. The fourth-order valence-electron chi connectivity index (χ4n) is 4.35. The first-order chi connectivity index (χ1) is 11.7. The van der Waals surface area contributed by atoms with E-state index in [1.165, 1.54) is 53.5 Å². The maximum Gasteiger partial charge on any atom is 0.0457 e. The molecule has 0 radical (unpaired) electrons. The fraction of sp³-hybridized carbons (Fsp3) is 0.364. The van der Waals surface area contributed by atoms with E-state index in [2.05, 4.69) is 72.4 Å². The number of nitrogens with one attached hydrogen (secondary N) is 1. The molecule has 132 valence electrons. The minimum Gasteiger partial charge on any atom is -0.361 e. The summed E-state index contributed by atoms with van der Waals surface area (Å²) in [5.74, 6) is 0.727. The molecule has 4 rings (SSSR count). The molecule has 1 saturated heterocycles. The number of likely N-dealkylation sites (tertiary alicyclic amines) is 1. The molecule has 0 saturated carbocycles. The largest absolute Gasteiger partial charge is 0.361 e. The molecule has 3 heteroatoms. The molecule has 0 unspecified atom stereocenters. The lowest BCUT2D eigenvalue weighted by Crippen LogP contribution is -2.32. The Morgan fingerprint density at radius 2 is 1.64 bits per heavy atom. The van der Waals surface area contributed by atoms with Crippen LogP contribution in [0.3, 0.4) is 0 Å². The Morgan fingerprint density at radius 1 is 0.960 bits per heavy atom. The van der Waals surface area contributed by atoms with Crippen molar-refractivity contribution in [3.8, 4) is 0 Å². The average Bonchev–Trinajstić information content (AvgIpc) is 2.99. The van der Waals surface area contributed by atoms with Crippen LogP contribution >= 0.6 is 12.4 Å². The van der Waals surface area contributed by atoms with Crippen molar-refractivity contribution >= 4 is 23.3 Å². The monoisotopic (exact) mass is 354 g/mol. The summed E-state index contributed by atoms with van der Waals surface area (Å²) in [5, 5.41) is 1.37. The van der Waals surface area contributed by atoms with E-state index < -0.39 is 0 Å². The zero-order valence-electron chi connectivity index (χ0n) is 15.1. The molecule has 0 atom stereocenters. The van der Waals surface area contributed by atoms with Crippen LogP contribution in [0.5, 0.6) is 0 Å². The Kier molecular flexibility index (Phi) is 5.51. The number of H-pyrrole nitrogens is 1. The number of halogens is 1. The number of piperidine rings is 1. The van der Waals surface area contributed by atoms with Gasteiger partial charge in [-0.05, 0) is 74.0 Å². The van der Waals surface area contributed by atoms with Crippen LogP contribution in [0, 0.1) is 13.8 Å². The zero-order valence-corrected chi connectivity index (χ0v) is 15.9. The van der Waals surface area contributed by atoms with Crippen LogP contribution in [0.1, 0.15) is 41.0 Å². The van der Waals surface area contributed by atoms with E-state index in [0.29, 0.717) is 0 Å². The van der Waals surface area contributed by atoms with Gasteiger partial charge < -0.3 is 4.98 Å². The summed E-state index contributed by atoms with van der Waals surface area (Å²) in [6.07, 6.45) is 4.73. The van der Waals surface area contributed by atoms with E-state index in [9.17, 15) is 0 Å². The number of nitrogens with zero attached hydrogens (tertiary/aromatic N) is 1. The maximum atomic E-state index is 3.40. The standard InChI is InChI=1S/C22H26N2.ClH/c1-16-6-5-7-17(2)22(16)18-10-12-24(13-11-18)15-19-14-23-21-9-4-3-8-20(19)21;/h3-9,14,18,23H,10-13,15H2,1-2H3;1H. The van der Waals surface area contributed by atoms with E-state index in [-0.39, 0.29) is 12.4 Å². The summed E-state index contributed by atoms with van der Waals surface area (Å²) >= 11 is 0. The number of rotatable bonds is 3. The van der Waals surface area contributed by atoms with Crippen molar-refractivity contribution in [1.82, 2.24) is 9.88 Å². The molecule has 25 heavy (non-hydrogen) atoms. The van der Waals surface area contributed by atoms with Gasteiger partial charge >= 0.3 is 0 Å². The van der Waals surface area contributed by atoms with Crippen molar-refractivity contribution in [3.05, 3.63) is 70.9 Å². The molecular weight excluding hydrogens is 328 g/mol. The first kappa shape index (κ1) is 18.0. The summed E-state index contributed by atoms with van der Waals surface area (Å²) < 4.78 is 0. The third-order valence-electron chi connectivity index (χ3n) is 5.61. The topological polar surface area (TPSA) is 19.0 Å². The number of aromatic nitrogens is 1. The van der Waals surface area contributed by atoms with Crippen molar-refractivity contribution in [2.24, 2.45) is 0 Å². The molecule has 0 amide bonds. The fourth-order valence-corrected chi connectivity index (χ4v) is 4.35. The molecule has 2 aromatic carbocycles. The Morgan fingerprint density at radius 3 is 2.36 bits per heavy atom. The first-order valence-electron chi connectivity index (χ1n) is 9.06. The lowest BCUT2D eigenvalue weighted by Gasteiger charge is -2.33. The highest BCUT2D eigenvalue weighted by Gasteiger charge is 2.23. The van der Waals surface area contributed by atoms with Gasteiger partial charge in [-0.25, -0.2) is 0 Å². The van der Waals surface area contributed by atoms with Gasteiger partial charge in [-0.3, -0.25) is 4.90 Å². The summed E-state index contributed by atoms with van der Waals surface area (Å²) in [7, 11) is 0. The second-order valence-corrected chi connectivity index (χ2v) is 7.22. The highest BCUT2D eigenvalue weighted by molar-refractivity contribution is 5.85. The van der Waals surface area contributed by atoms with Crippen LogP contribution in [0.4, 0.5) is 0 Å². The van der Waals surface area contributed by atoms with Gasteiger partial charge in [-0.15, -0.1) is 12.4 Å². The predicted molar refractivity (Wildman–Crippen MR) is 109 cm³/mol. The number of hydrogen-bond acceptors (Lipinski definition) is 1. The smallest absolute Gasteiger partial charge is 0.0457 e. The molecule has 1 aliphatic heterocycles. The second-order valence-electron chi connectivity index (χ2n) is 7.22. The van der Waals surface area contributed by atoms with Crippen molar-refractivity contribution in [3.63, 3.8) is 0 Å². The van der Waals surface area contributed by atoms with Gasteiger partial charge in [0.25, 0.3) is 0 Å². The van der Waals surface area contributed by atoms with Crippen molar-refractivity contribution in [1.29, 1.82) is 0 Å². The van der Waals surface area contributed by atoms with Gasteiger partial charge in [0.1, 0.15) is 0 Å². The maximum absolute atomic E-state index is 3.40. The SMILES string of the molecule is Cc1cccc(C)c1C1CCN(Cc2c[nH]c3ccccc23)CC1.Cl. The molecule has 3 aromatic rings. The molecule has 1 aromatic heterocycles. The van der Waals surface area contributed by atoms with Crippen LogP contribution in [0.2, 0.25) is 0 Å². The first-order valence-corrected chi connectivity index (χ1v) is 9.06. The molecule has 0 spiro atoms. The van der Waals surface area contributed by atoms with Crippen LogP contribution in [0.15, 0.2) is 48.7 Å². The van der Waals surface area contributed by atoms with E-state index in [1.807, 2.05) is 0 Å². The molecule has 2 nitrogen and oxygen atoms in total. The molecular formula is C22H27ClN2. The van der Waals surface area contributed by atoms with Crippen LogP contribution in [0.25, 0.3) is 10.9 Å². The lowest BCUT2D eigenvalue weighted by atomic mass is 9.84. The van der Waals surface area contributed by atoms with E-state index >= 15 is 0 Å². The number of hydrogen-bond donors (Lipinski definition) is 1. The van der Waals surface area contributed by atoms with Gasteiger partial charge in [-0.1, -0.05) is 36.4 Å². The molecule has 2 heterocycles. The molecule has 1 aliphatic rings. The quantitative estimate of drug-likeness (QED) is 0.649. The van der Waals surface area contributed by atoms with Gasteiger partial charge in [0, 0.05) is 23.6 Å².